The summed E-state index contributed by atoms with van der Waals surface area (Å²) in [5, 5.41) is 0.798. The summed E-state index contributed by atoms with van der Waals surface area (Å²) < 4.78 is 0. The number of carbonyl (C=O) groups excluding carboxylic acids is 1. The minimum atomic E-state index is -3.03. The van der Waals surface area contributed by atoms with Gasteiger partial charge in [-0.2, -0.15) is 0 Å². The summed E-state index contributed by atoms with van der Waals surface area (Å²) in [7, 11) is 0. The van der Waals surface area contributed by atoms with E-state index >= 15 is 0 Å². The Morgan fingerprint density at radius 1 is 0.667 bits per heavy atom. The molecule has 0 saturated heterocycles. The molecule has 30 heavy (non-hydrogen) atoms. The van der Waals surface area contributed by atoms with Crippen LogP contribution in [0.5, 0.6) is 0 Å². The standard InChI is InChI=1S/C27H22BrOP/c28-30(25-13-4-1-5-14-25,26-15-6-2-7-16-26,27-17-8-3-9-18-27)22-24-12-10-11-23(21-24)19-20-29/h1-19,21H,22H2. The van der Waals surface area contributed by atoms with Crippen molar-refractivity contribution >= 4 is 48.7 Å². The topological polar surface area (TPSA) is 17.1 Å². The Morgan fingerprint density at radius 2 is 1.13 bits per heavy atom. The summed E-state index contributed by atoms with van der Waals surface area (Å²) >= 11 is 4.46. The Morgan fingerprint density at radius 3 is 1.57 bits per heavy atom. The number of benzene rings is 4. The first kappa shape index (κ1) is 20.5. The van der Waals surface area contributed by atoms with Crippen molar-refractivity contribution in [3.8, 4) is 0 Å². The summed E-state index contributed by atoms with van der Waals surface area (Å²) in [5.74, 6) is 1.90. The van der Waals surface area contributed by atoms with E-state index in [0.717, 1.165) is 11.7 Å². The molecule has 0 atom stereocenters. The van der Waals surface area contributed by atoms with Crippen molar-refractivity contribution in [1.29, 1.82) is 0 Å². The second-order valence-corrected chi connectivity index (χ2v) is 16.3. The van der Waals surface area contributed by atoms with Gasteiger partial charge in [0.05, 0.1) is 0 Å². The normalized spacial score (nSPS) is 12.4. The van der Waals surface area contributed by atoms with E-state index in [1.165, 1.54) is 27.6 Å². The number of hydrogen-bond acceptors (Lipinski definition) is 1. The third-order valence-corrected chi connectivity index (χ3v) is 15.1. The minimum absolute atomic E-state index is 0.796. The molecule has 0 radical (unpaired) electrons. The molecule has 0 heterocycles. The predicted octanol–water partition coefficient (Wildman–Crippen LogP) is 5.87. The van der Waals surface area contributed by atoms with Crippen LogP contribution in [0.2, 0.25) is 0 Å². The fourth-order valence-electron chi connectivity index (χ4n) is 4.13. The average Bonchev–Trinajstić information content (AvgIpc) is 2.81. The van der Waals surface area contributed by atoms with Gasteiger partial charge in [0.15, 0.2) is 0 Å². The molecule has 0 aliphatic rings. The van der Waals surface area contributed by atoms with Gasteiger partial charge < -0.3 is 0 Å². The molecule has 0 bridgehead atoms. The van der Waals surface area contributed by atoms with E-state index in [1.807, 2.05) is 18.1 Å². The maximum absolute atomic E-state index is 10.9. The molecule has 0 unspecified atom stereocenters. The van der Waals surface area contributed by atoms with Crippen LogP contribution in [-0.2, 0) is 11.0 Å². The van der Waals surface area contributed by atoms with Crippen molar-refractivity contribution in [3.05, 3.63) is 126 Å². The summed E-state index contributed by atoms with van der Waals surface area (Å²) in [4.78, 5) is 10.9. The Labute approximate surface area is 185 Å². The molecule has 0 aliphatic carbocycles. The molecule has 4 rings (SSSR count). The summed E-state index contributed by atoms with van der Waals surface area (Å²) in [6, 6.07) is 40.3. The van der Waals surface area contributed by atoms with Gasteiger partial charge in [-0.15, -0.1) is 0 Å². The summed E-state index contributed by atoms with van der Waals surface area (Å²) in [6.45, 7) is 0. The van der Waals surface area contributed by atoms with Crippen LogP contribution in [0.1, 0.15) is 11.1 Å². The molecule has 4 aromatic carbocycles. The SMILES string of the molecule is O=C=Cc1cccc(CP(Br)(c2ccccc2)(c2ccccc2)c2ccccc2)c1. The van der Waals surface area contributed by atoms with Crippen molar-refractivity contribution in [2.75, 3.05) is 0 Å². The maximum atomic E-state index is 10.9. The Balaban J connectivity index is 2.06. The van der Waals surface area contributed by atoms with Gasteiger partial charge >= 0.3 is 186 Å². The molecule has 4 aromatic rings. The van der Waals surface area contributed by atoms with E-state index in [9.17, 15) is 4.79 Å². The molecular weight excluding hydrogens is 451 g/mol. The molecule has 0 N–H and O–H groups in total. The number of hydrogen-bond donors (Lipinski definition) is 0. The quantitative estimate of drug-likeness (QED) is 0.253. The van der Waals surface area contributed by atoms with Gasteiger partial charge in [-0.25, -0.2) is 0 Å². The zero-order chi connectivity index (χ0) is 20.9. The molecule has 0 aliphatic heterocycles. The van der Waals surface area contributed by atoms with Crippen LogP contribution in [0, 0.1) is 0 Å². The molecule has 0 saturated carbocycles. The van der Waals surface area contributed by atoms with Gasteiger partial charge in [0.25, 0.3) is 0 Å². The zero-order valence-electron chi connectivity index (χ0n) is 16.5. The van der Waals surface area contributed by atoms with Crippen molar-refractivity contribution in [2.24, 2.45) is 0 Å². The monoisotopic (exact) mass is 472 g/mol. The molecule has 3 heteroatoms. The van der Waals surface area contributed by atoms with Crippen molar-refractivity contribution < 1.29 is 4.79 Å². The number of halogens is 1. The first-order valence-corrected chi connectivity index (χ1v) is 14.3. The van der Waals surface area contributed by atoms with Crippen LogP contribution >= 0.6 is 20.8 Å². The van der Waals surface area contributed by atoms with E-state index in [0.29, 0.717) is 0 Å². The van der Waals surface area contributed by atoms with Crippen LogP contribution < -0.4 is 15.9 Å². The summed E-state index contributed by atoms with van der Waals surface area (Å²) in [6.07, 6.45) is 2.28. The average molecular weight is 473 g/mol. The second kappa shape index (κ2) is 8.54. The number of rotatable bonds is 6. The van der Waals surface area contributed by atoms with Gasteiger partial charge in [0, 0.05) is 0 Å². The molecule has 0 fully saturated rings. The summed E-state index contributed by atoms with van der Waals surface area (Å²) in [5.41, 5.74) is 2.04. The molecular formula is C27H22BrOP. The second-order valence-electron chi connectivity index (χ2n) is 7.35. The Hall–Kier alpha value is -2.76. The van der Waals surface area contributed by atoms with Gasteiger partial charge in [-0.05, 0) is 0 Å². The molecule has 0 aromatic heterocycles. The van der Waals surface area contributed by atoms with Crippen LogP contribution in [0.3, 0.4) is 0 Å². The Kier molecular flexibility index (Phi) is 5.84. The van der Waals surface area contributed by atoms with Crippen LogP contribution in [0.15, 0.2) is 115 Å². The third-order valence-electron chi connectivity index (χ3n) is 5.54. The Bertz CT molecular complexity index is 1080. The van der Waals surface area contributed by atoms with Crippen molar-refractivity contribution in [1.82, 2.24) is 0 Å². The van der Waals surface area contributed by atoms with Crippen LogP contribution in [-0.4, -0.2) is 5.94 Å². The molecule has 1 nitrogen and oxygen atoms in total. The fraction of sp³-hybridized carbons (Fsp3) is 0.0370. The van der Waals surface area contributed by atoms with Crippen LogP contribution in [0.25, 0.3) is 6.08 Å². The van der Waals surface area contributed by atoms with E-state index < -0.39 is 5.31 Å². The predicted molar refractivity (Wildman–Crippen MR) is 134 cm³/mol. The molecule has 148 valence electrons. The first-order valence-electron chi connectivity index (χ1n) is 9.84. The fourth-order valence-corrected chi connectivity index (χ4v) is 11.8. The van der Waals surface area contributed by atoms with E-state index in [4.69, 9.17) is 0 Å². The molecule has 0 amide bonds. The van der Waals surface area contributed by atoms with Crippen molar-refractivity contribution in [3.63, 3.8) is 0 Å². The van der Waals surface area contributed by atoms with Gasteiger partial charge in [0.2, 0.25) is 0 Å². The van der Waals surface area contributed by atoms with E-state index in [1.54, 1.807) is 0 Å². The van der Waals surface area contributed by atoms with E-state index in [2.05, 4.69) is 119 Å². The third kappa shape index (κ3) is 3.59. The van der Waals surface area contributed by atoms with Gasteiger partial charge in [-0.3, -0.25) is 0 Å². The van der Waals surface area contributed by atoms with Gasteiger partial charge in [0.1, 0.15) is 0 Å². The molecule has 0 spiro atoms. The zero-order valence-corrected chi connectivity index (χ0v) is 19.0. The van der Waals surface area contributed by atoms with Crippen LogP contribution in [0.4, 0.5) is 0 Å². The van der Waals surface area contributed by atoms with Crippen molar-refractivity contribution in [2.45, 2.75) is 6.16 Å². The van der Waals surface area contributed by atoms with E-state index in [-0.39, 0.29) is 0 Å². The van der Waals surface area contributed by atoms with Gasteiger partial charge in [-0.1, -0.05) is 0 Å². The first-order chi connectivity index (χ1) is 14.6.